The Morgan fingerprint density at radius 1 is 1.63 bits per heavy atom. The molecule has 1 unspecified atom stereocenters. The molecule has 1 atom stereocenters. The first-order valence-corrected chi connectivity index (χ1v) is 6.11. The molecule has 0 aliphatic carbocycles. The van der Waals surface area contributed by atoms with E-state index < -0.39 is 0 Å². The van der Waals surface area contributed by atoms with Crippen molar-refractivity contribution in [1.82, 2.24) is 15.6 Å². The summed E-state index contributed by atoms with van der Waals surface area (Å²) in [6.45, 7) is 2.22. The lowest BCUT2D eigenvalue weighted by Gasteiger charge is -2.13. The number of nitrogens with two attached hydrogens (primary N) is 1. The third-order valence-electron chi connectivity index (χ3n) is 3.03. The van der Waals surface area contributed by atoms with Gasteiger partial charge >= 0.3 is 0 Å². The van der Waals surface area contributed by atoms with E-state index in [9.17, 15) is 9.59 Å². The Balaban J connectivity index is 1.98. The number of rotatable bonds is 4. The highest BCUT2D eigenvalue weighted by atomic mass is 16.2. The van der Waals surface area contributed by atoms with Crippen LogP contribution in [0.15, 0.2) is 12.3 Å². The molecular weight excluding hydrogens is 246 g/mol. The molecule has 1 aromatic rings. The van der Waals surface area contributed by atoms with Crippen molar-refractivity contribution in [3.8, 4) is 0 Å². The number of amides is 2. The minimum atomic E-state index is -0.262. The van der Waals surface area contributed by atoms with Gasteiger partial charge in [0.15, 0.2) is 0 Å². The number of pyridine rings is 1. The number of anilines is 1. The van der Waals surface area contributed by atoms with Crippen molar-refractivity contribution in [1.29, 1.82) is 0 Å². The maximum atomic E-state index is 12.0. The van der Waals surface area contributed by atoms with Crippen LogP contribution < -0.4 is 21.9 Å². The average molecular weight is 263 g/mol. The number of nitrogen functional groups attached to an aromatic ring is 1. The highest BCUT2D eigenvalue weighted by Crippen LogP contribution is 2.14. The van der Waals surface area contributed by atoms with Gasteiger partial charge in [-0.3, -0.25) is 20.4 Å². The summed E-state index contributed by atoms with van der Waals surface area (Å²) in [4.78, 5) is 27.1. The minimum Gasteiger partial charge on any atom is -0.352 e. The number of hydrogen-bond acceptors (Lipinski definition) is 5. The number of nitrogens with one attached hydrogen (secondary N) is 3. The standard InChI is InChI=1S/C12H17N5O2/c1-7-4-10(17-13)9(6-14-7)12(19)15-5-8-2-3-11(18)16-8/h4,6,8H,2-3,5,13H2,1H3,(H,14,17)(H,15,19)(H,16,18). The van der Waals surface area contributed by atoms with E-state index in [1.165, 1.54) is 6.20 Å². The fraction of sp³-hybridized carbons (Fsp3) is 0.417. The summed E-state index contributed by atoms with van der Waals surface area (Å²) in [7, 11) is 0. The van der Waals surface area contributed by atoms with E-state index in [1.54, 1.807) is 6.07 Å². The maximum Gasteiger partial charge on any atom is 0.255 e. The van der Waals surface area contributed by atoms with E-state index in [1.807, 2.05) is 6.92 Å². The number of hydrazine groups is 1. The third kappa shape index (κ3) is 3.19. The Morgan fingerprint density at radius 3 is 3.05 bits per heavy atom. The molecule has 2 amide bonds. The summed E-state index contributed by atoms with van der Waals surface area (Å²) in [6.07, 6.45) is 2.74. The lowest BCUT2D eigenvalue weighted by molar-refractivity contribution is -0.119. The summed E-state index contributed by atoms with van der Waals surface area (Å²) < 4.78 is 0. The number of hydrogen-bond donors (Lipinski definition) is 4. The monoisotopic (exact) mass is 263 g/mol. The highest BCUT2D eigenvalue weighted by molar-refractivity contribution is 5.99. The summed E-state index contributed by atoms with van der Waals surface area (Å²) in [5, 5.41) is 5.56. The Bertz CT molecular complexity index is 503. The molecule has 0 aromatic carbocycles. The second kappa shape index (κ2) is 5.66. The molecule has 1 aliphatic rings. The van der Waals surface area contributed by atoms with Gasteiger partial charge < -0.3 is 16.1 Å². The molecule has 5 N–H and O–H groups in total. The van der Waals surface area contributed by atoms with Gasteiger partial charge in [-0.2, -0.15) is 0 Å². The molecule has 1 aliphatic heterocycles. The van der Waals surface area contributed by atoms with E-state index >= 15 is 0 Å². The minimum absolute atomic E-state index is 0.00384. The number of nitrogens with zero attached hydrogens (tertiary/aromatic N) is 1. The predicted molar refractivity (Wildman–Crippen MR) is 70.3 cm³/mol. The van der Waals surface area contributed by atoms with Gasteiger partial charge in [0.25, 0.3) is 5.91 Å². The lowest BCUT2D eigenvalue weighted by Crippen LogP contribution is -2.38. The van der Waals surface area contributed by atoms with E-state index in [0.717, 1.165) is 12.1 Å². The Morgan fingerprint density at radius 2 is 2.42 bits per heavy atom. The van der Waals surface area contributed by atoms with Crippen molar-refractivity contribution in [2.75, 3.05) is 12.0 Å². The van der Waals surface area contributed by atoms with Crippen LogP contribution in [0.4, 0.5) is 5.69 Å². The van der Waals surface area contributed by atoms with Gasteiger partial charge in [0.2, 0.25) is 5.91 Å². The second-order valence-electron chi connectivity index (χ2n) is 4.53. The molecule has 0 saturated carbocycles. The van der Waals surface area contributed by atoms with Crippen LogP contribution in [-0.4, -0.2) is 29.4 Å². The van der Waals surface area contributed by atoms with Crippen molar-refractivity contribution < 1.29 is 9.59 Å². The number of aryl methyl sites for hydroxylation is 1. The van der Waals surface area contributed by atoms with Crippen LogP contribution in [0.2, 0.25) is 0 Å². The van der Waals surface area contributed by atoms with Crippen LogP contribution >= 0.6 is 0 Å². The number of carbonyl (C=O) groups excluding carboxylic acids is 2. The van der Waals surface area contributed by atoms with E-state index in [-0.39, 0.29) is 17.9 Å². The molecule has 7 nitrogen and oxygen atoms in total. The summed E-state index contributed by atoms with van der Waals surface area (Å²) in [5.41, 5.74) is 4.17. The molecule has 1 fully saturated rings. The van der Waals surface area contributed by atoms with Crippen molar-refractivity contribution in [2.24, 2.45) is 5.84 Å². The van der Waals surface area contributed by atoms with Crippen LogP contribution in [-0.2, 0) is 4.79 Å². The quantitative estimate of drug-likeness (QED) is 0.440. The molecule has 0 bridgehead atoms. The molecule has 19 heavy (non-hydrogen) atoms. The molecule has 2 rings (SSSR count). The predicted octanol–water partition coefficient (Wildman–Crippen LogP) is -0.316. The van der Waals surface area contributed by atoms with E-state index in [2.05, 4.69) is 21.0 Å². The zero-order chi connectivity index (χ0) is 13.8. The van der Waals surface area contributed by atoms with Crippen molar-refractivity contribution in [2.45, 2.75) is 25.8 Å². The van der Waals surface area contributed by atoms with Crippen LogP contribution in [0, 0.1) is 6.92 Å². The zero-order valence-corrected chi connectivity index (χ0v) is 10.7. The largest absolute Gasteiger partial charge is 0.352 e. The first kappa shape index (κ1) is 13.3. The van der Waals surface area contributed by atoms with Gasteiger partial charge in [-0.1, -0.05) is 0 Å². The smallest absolute Gasteiger partial charge is 0.255 e. The first-order chi connectivity index (χ1) is 9.10. The van der Waals surface area contributed by atoms with Gasteiger partial charge in [0.1, 0.15) is 0 Å². The van der Waals surface area contributed by atoms with Crippen molar-refractivity contribution in [3.63, 3.8) is 0 Å². The average Bonchev–Trinajstić information content (AvgIpc) is 2.81. The van der Waals surface area contributed by atoms with E-state index in [4.69, 9.17) is 5.84 Å². The molecule has 0 radical (unpaired) electrons. The maximum absolute atomic E-state index is 12.0. The second-order valence-corrected chi connectivity index (χ2v) is 4.53. The van der Waals surface area contributed by atoms with Gasteiger partial charge in [0.05, 0.1) is 11.3 Å². The first-order valence-electron chi connectivity index (χ1n) is 6.11. The van der Waals surface area contributed by atoms with Gasteiger partial charge in [-0.25, -0.2) is 0 Å². The molecule has 1 aromatic heterocycles. The van der Waals surface area contributed by atoms with Gasteiger partial charge in [0, 0.05) is 30.9 Å². The van der Waals surface area contributed by atoms with Crippen LogP contribution in [0.3, 0.4) is 0 Å². The number of carbonyl (C=O) groups is 2. The van der Waals surface area contributed by atoms with Gasteiger partial charge in [-0.05, 0) is 19.4 Å². The van der Waals surface area contributed by atoms with E-state index in [0.29, 0.717) is 24.2 Å². The van der Waals surface area contributed by atoms with Crippen molar-refractivity contribution in [3.05, 3.63) is 23.5 Å². The third-order valence-corrected chi connectivity index (χ3v) is 3.03. The summed E-state index contributed by atoms with van der Waals surface area (Å²) in [6, 6.07) is 1.70. The van der Waals surface area contributed by atoms with Gasteiger partial charge in [-0.15, -0.1) is 0 Å². The normalized spacial score (nSPS) is 18.0. The van der Waals surface area contributed by atoms with Crippen LogP contribution in [0.25, 0.3) is 0 Å². The number of aromatic nitrogens is 1. The molecule has 2 heterocycles. The van der Waals surface area contributed by atoms with Crippen molar-refractivity contribution >= 4 is 17.5 Å². The summed E-state index contributed by atoms with van der Waals surface area (Å²) >= 11 is 0. The zero-order valence-electron chi connectivity index (χ0n) is 10.7. The molecular formula is C12H17N5O2. The summed E-state index contributed by atoms with van der Waals surface area (Å²) in [5.74, 6) is 5.14. The molecule has 102 valence electrons. The Labute approximate surface area is 110 Å². The fourth-order valence-electron chi connectivity index (χ4n) is 2.00. The van der Waals surface area contributed by atoms with Crippen LogP contribution in [0.1, 0.15) is 28.9 Å². The molecule has 1 saturated heterocycles. The van der Waals surface area contributed by atoms with Crippen LogP contribution in [0.5, 0.6) is 0 Å². The molecule has 7 heteroatoms. The Hall–Kier alpha value is -2.15. The topological polar surface area (TPSA) is 109 Å². The Kier molecular flexibility index (Phi) is 3.96. The lowest BCUT2D eigenvalue weighted by atomic mass is 10.2. The molecule has 0 spiro atoms. The fourth-order valence-corrected chi connectivity index (χ4v) is 2.00. The highest BCUT2D eigenvalue weighted by Gasteiger charge is 2.21. The SMILES string of the molecule is Cc1cc(NN)c(C(=O)NCC2CCC(=O)N2)cn1.